The van der Waals surface area contributed by atoms with Gasteiger partial charge in [0.1, 0.15) is 0 Å². The molecule has 0 aromatic heterocycles. The molecule has 2 heteroatoms. The van der Waals surface area contributed by atoms with E-state index in [1.165, 1.54) is 16.7 Å². The van der Waals surface area contributed by atoms with Crippen LogP contribution in [0.2, 0.25) is 0 Å². The van der Waals surface area contributed by atoms with Gasteiger partial charge in [0.25, 0.3) is 0 Å². The minimum atomic E-state index is 0.331. The van der Waals surface area contributed by atoms with Crippen molar-refractivity contribution < 1.29 is 0 Å². The molecule has 0 aliphatic carbocycles. The Morgan fingerprint density at radius 3 is 2.41 bits per heavy atom. The number of nitrogens with two attached hydrogens (primary N) is 1. The van der Waals surface area contributed by atoms with E-state index in [0.29, 0.717) is 18.5 Å². The molecule has 0 saturated carbocycles. The number of hydrogen-bond donors (Lipinski definition) is 1. The van der Waals surface area contributed by atoms with Crippen LogP contribution in [0.25, 0.3) is 0 Å². The number of benzene rings is 1. The first-order valence-electron chi connectivity index (χ1n) is 6.43. The van der Waals surface area contributed by atoms with Gasteiger partial charge in [-0.2, -0.15) is 0 Å². The molecule has 0 heterocycles. The number of nitrogens with zero attached hydrogens (tertiary/aromatic N) is 1. The second-order valence-corrected chi connectivity index (χ2v) is 5.44. The van der Waals surface area contributed by atoms with E-state index in [2.05, 4.69) is 57.8 Å². The third-order valence-corrected chi connectivity index (χ3v) is 3.20. The summed E-state index contributed by atoms with van der Waals surface area (Å²) in [7, 11) is 2.17. The molecule has 96 valence electrons. The van der Waals surface area contributed by atoms with Gasteiger partial charge in [0, 0.05) is 19.1 Å². The van der Waals surface area contributed by atoms with Crippen LogP contribution in [-0.2, 0) is 0 Å². The molecule has 1 unspecified atom stereocenters. The van der Waals surface area contributed by atoms with Gasteiger partial charge >= 0.3 is 0 Å². The maximum absolute atomic E-state index is 5.96. The van der Waals surface area contributed by atoms with E-state index in [9.17, 15) is 0 Å². The zero-order valence-electron chi connectivity index (χ0n) is 11.8. The average molecular weight is 234 g/mol. The van der Waals surface area contributed by atoms with Crippen molar-refractivity contribution in [1.82, 2.24) is 4.90 Å². The van der Waals surface area contributed by atoms with Crippen molar-refractivity contribution in [2.45, 2.75) is 33.7 Å². The number of aryl methyl sites for hydroxylation is 2. The summed E-state index contributed by atoms with van der Waals surface area (Å²) < 4.78 is 0. The van der Waals surface area contributed by atoms with Crippen LogP contribution in [0.1, 0.15) is 36.6 Å². The number of rotatable bonds is 5. The largest absolute Gasteiger partial charge is 0.329 e. The van der Waals surface area contributed by atoms with Crippen LogP contribution in [-0.4, -0.2) is 25.0 Å². The Balaban J connectivity index is 2.96. The molecule has 0 radical (unpaired) electrons. The Morgan fingerprint density at radius 2 is 1.88 bits per heavy atom. The van der Waals surface area contributed by atoms with E-state index in [1.807, 2.05) is 0 Å². The Kier molecular flexibility index (Phi) is 5.16. The molecular weight excluding hydrogens is 208 g/mol. The quantitative estimate of drug-likeness (QED) is 0.849. The summed E-state index contributed by atoms with van der Waals surface area (Å²) in [5, 5.41) is 0. The zero-order valence-corrected chi connectivity index (χ0v) is 11.8. The fraction of sp³-hybridized carbons (Fsp3) is 0.600. The van der Waals surface area contributed by atoms with Gasteiger partial charge in [-0.15, -0.1) is 0 Å². The molecule has 0 amide bonds. The summed E-state index contributed by atoms with van der Waals surface area (Å²) in [4.78, 5) is 2.37. The van der Waals surface area contributed by atoms with Gasteiger partial charge in [-0.1, -0.05) is 37.6 Å². The lowest BCUT2D eigenvalue weighted by Gasteiger charge is -2.30. The van der Waals surface area contributed by atoms with E-state index in [4.69, 9.17) is 5.73 Å². The van der Waals surface area contributed by atoms with Gasteiger partial charge in [-0.25, -0.2) is 0 Å². The molecular formula is C15H26N2. The van der Waals surface area contributed by atoms with E-state index in [-0.39, 0.29) is 0 Å². The fourth-order valence-corrected chi connectivity index (χ4v) is 2.37. The molecule has 2 N–H and O–H groups in total. The van der Waals surface area contributed by atoms with E-state index < -0.39 is 0 Å². The van der Waals surface area contributed by atoms with E-state index >= 15 is 0 Å². The Hall–Kier alpha value is -0.860. The molecule has 0 spiro atoms. The summed E-state index contributed by atoms with van der Waals surface area (Å²) in [6.07, 6.45) is 0. The second-order valence-electron chi connectivity index (χ2n) is 5.44. The third kappa shape index (κ3) is 3.83. The maximum atomic E-state index is 5.96. The molecule has 17 heavy (non-hydrogen) atoms. The van der Waals surface area contributed by atoms with Crippen molar-refractivity contribution in [3.05, 3.63) is 34.9 Å². The normalized spacial score (nSPS) is 13.4. The van der Waals surface area contributed by atoms with Crippen molar-refractivity contribution in [1.29, 1.82) is 0 Å². The van der Waals surface area contributed by atoms with Crippen LogP contribution in [0.15, 0.2) is 18.2 Å². The van der Waals surface area contributed by atoms with Gasteiger partial charge in [0.15, 0.2) is 0 Å². The summed E-state index contributed by atoms with van der Waals surface area (Å²) in [5.74, 6) is 0.666. The predicted octanol–water partition coefficient (Wildman–Crippen LogP) is 2.89. The summed E-state index contributed by atoms with van der Waals surface area (Å²) in [6, 6.07) is 6.95. The molecule has 0 saturated heterocycles. The molecule has 1 aromatic carbocycles. The Morgan fingerprint density at radius 1 is 1.24 bits per heavy atom. The van der Waals surface area contributed by atoms with Crippen LogP contribution in [0.4, 0.5) is 0 Å². The van der Waals surface area contributed by atoms with Crippen LogP contribution < -0.4 is 5.73 Å². The molecule has 0 fully saturated rings. The molecule has 1 rings (SSSR count). The molecule has 0 bridgehead atoms. The lowest BCUT2D eigenvalue weighted by molar-refractivity contribution is 0.223. The third-order valence-electron chi connectivity index (χ3n) is 3.20. The van der Waals surface area contributed by atoms with Gasteiger partial charge in [0.05, 0.1) is 0 Å². The molecule has 0 aliphatic heterocycles. The summed E-state index contributed by atoms with van der Waals surface area (Å²) in [5.41, 5.74) is 9.97. The smallest absolute Gasteiger partial charge is 0.0470 e. The molecule has 1 aromatic rings. The maximum Gasteiger partial charge on any atom is 0.0470 e. The fourth-order valence-electron chi connectivity index (χ4n) is 2.37. The Bertz CT molecular complexity index is 358. The molecule has 1 atom stereocenters. The number of hydrogen-bond acceptors (Lipinski definition) is 2. The van der Waals surface area contributed by atoms with Gasteiger partial charge < -0.3 is 5.73 Å². The minimum absolute atomic E-state index is 0.331. The molecule has 2 nitrogen and oxygen atoms in total. The second kappa shape index (κ2) is 6.18. The van der Waals surface area contributed by atoms with Crippen LogP contribution >= 0.6 is 0 Å². The van der Waals surface area contributed by atoms with Crippen molar-refractivity contribution >= 4 is 0 Å². The highest BCUT2D eigenvalue weighted by Gasteiger charge is 2.18. The first-order chi connectivity index (χ1) is 7.95. The number of likely N-dealkylation sites (N-methyl/N-ethyl adjacent to an activating group) is 1. The summed E-state index contributed by atoms with van der Waals surface area (Å²) >= 11 is 0. The first kappa shape index (κ1) is 14.2. The molecule has 0 aliphatic rings. The van der Waals surface area contributed by atoms with Gasteiger partial charge in [-0.3, -0.25) is 4.90 Å². The van der Waals surface area contributed by atoms with Gasteiger partial charge in [-0.05, 0) is 37.9 Å². The van der Waals surface area contributed by atoms with Crippen molar-refractivity contribution in [3.63, 3.8) is 0 Å². The average Bonchev–Trinajstić information content (AvgIpc) is 2.23. The van der Waals surface area contributed by atoms with Crippen LogP contribution in [0.5, 0.6) is 0 Å². The van der Waals surface area contributed by atoms with Crippen LogP contribution in [0.3, 0.4) is 0 Å². The lowest BCUT2D eigenvalue weighted by atomic mass is 9.97. The van der Waals surface area contributed by atoms with E-state index in [1.54, 1.807) is 0 Å². The lowest BCUT2D eigenvalue weighted by Crippen LogP contribution is -2.33. The monoisotopic (exact) mass is 234 g/mol. The standard InChI is InChI=1S/C15H26N2/c1-11(2)10-17(5)15(9-16)14-8-12(3)6-7-13(14)4/h6-8,11,15H,9-10,16H2,1-5H3. The SMILES string of the molecule is Cc1ccc(C)c(C(CN)N(C)CC(C)C)c1. The predicted molar refractivity (Wildman–Crippen MR) is 75.2 cm³/mol. The first-order valence-corrected chi connectivity index (χ1v) is 6.43. The minimum Gasteiger partial charge on any atom is -0.329 e. The van der Waals surface area contributed by atoms with Crippen molar-refractivity contribution in [2.24, 2.45) is 11.7 Å². The van der Waals surface area contributed by atoms with Crippen LogP contribution in [0, 0.1) is 19.8 Å². The highest BCUT2D eigenvalue weighted by Crippen LogP contribution is 2.23. The topological polar surface area (TPSA) is 29.3 Å². The highest BCUT2D eigenvalue weighted by molar-refractivity contribution is 5.33. The highest BCUT2D eigenvalue weighted by atomic mass is 15.1. The van der Waals surface area contributed by atoms with E-state index in [0.717, 1.165) is 6.54 Å². The van der Waals surface area contributed by atoms with Gasteiger partial charge in [0.2, 0.25) is 0 Å². The Labute approximate surface area is 106 Å². The zero-order chi connectivity index (χ0) is 13.0. The summed E-state index contributed by atoms with van der Waals surface area (Å²) in [6.45, 7) is 10.5. The van der Waals surface area contributed by atoms with Crippen molar-refractivity contribution in [2.75, 3.05) is 20.1 Å². The van der Waals surface area contributed by atoms with Crippen molar-refractivity contribution in [3.8, 4) is 0 Å².